The lowest BCUT2D eigenvalue weighted by Gasteiger charge is -2.14. The molecule has 1 unspecified atom stereocenters. The number of carbonyl (C=O) groups is 2. The molecule has 0 radical (unpaired) electrons. The van der Waals surface area contributed by atoms with Crippen molar-refractivity contribution < 1.29 is 14.7 Å². The molecule has 1 atom stereocenters. The summed E-state index contributed by atoms with van der Waals surface area (Å²) in [6, 6.07) is 20.1. The van der Waals surface area contributed by atoms with E-state index >= 15 is 0 Å². The van der Waals surface area contributed by atoms with Crippen LogP contribution in [0.2, 0.25) is 0 Å². The summed E-state index contributed by atoms with van der Waals surface area (Å²) in [5, 5.41) is 12.5. The van der Waals surface area contributed by atoms with Gasteiger partial charge in [0.2, 0.25) is 0 Å². The molecule has 0 fully saturated rings. The molecule has 8 rings (SSSR count). The van der Waals surface area contributed by atoms with E-state index in [0.29, 0.717) is 16.9 Å². The highest BCUT2D eigenvalue weighted by Gasteiger charge is 2.25. The summed E-state index contributed by atoms with van der Waals surface area (Å²) in [5.41, 5.74) is 22.2. The van der Waals surface area contributed by atoms with E-state index in [1.54, 1.807) is 0 Å². The quantitative estimate of drug-likeness (QED) is 0.134. The standard InChI is InChI=1S/C51H49N5O3/c1-25-19-28(4)43(29(5)20-25)46-35-11-13-37(53-35)47(44-30(6)21-26(2)22-31(44)7)39-15-17-41(55-39)49(50(57)52-34(10)51(58)59)42-18-16-40(56-42)48(38-14-12-36(46)54-38)45-32(8)23-27(3)24-33(45)9/h11-24,34,53,56H,1-10H3,(H,52,57)(H,58,59). The first-order valence-electron chi connectivity index (χ1n) is 20.0. The van der Waals surface area contributed by atoms with E-state index in [-0.39, 0.29) is 5.56 Å². The number of rotatable bonds is 6. The van der Waals surface area contributed by atoms with Crippen LogP contribution in [0.4, 0.5) is 0 Å². The summed E-state index contributed by atoms with van der Waals surface area (Å²) in [6.07, 6.45) is 7.97. The average molecular weight is 780 g/mol. The Morgan fingerprint density at radius 3 is 1.15 bits per heavy atom. The zero-order valence-electron chi connectivity index (χ0n) is 35.3. The van der Waals surface area contributed by atoms with Gasteiger partial charge in [-0.25, -0.2) is 9.97 Å². The van der Waals surface area contributed by atoms with Crippen LogP contribution in [0.5, 0.6) is 0 Å². The van der Waals surface area contributed by atoms with Gasteiger partial charge in [0.05, 0.1) is 33.9 Å². The second kappa shape index (κ2) is 14.9. The van der Waals surface area contributed by atoms with Gasteiger partial charge < -0.3 is 20.4 Å². The summed E-state index contributed by atoms with van der Waals surface area (Å²) < 4.78 is 0. The molecule has 0 saturated carbocycles. The number of carboxylic acids is 1. The molecule has 2 aliphatic heterocycles. The van der Waals surface area contributed by atoms with Crippen LogP contribution in [-0.4, -0.2) is 43.0 Å². The summed E-state index contributed by atoms with van der Waals surface area (Å²) >= 11 is 0. The van der Waals surface area contributed by atoms with Crippen molar-refractivity contribution >= 4 is 58.2 Å². The maximum Gasteiger partial charge on any atom is 0.325 e. The molecule has 3 aromatic heterocycles. The first-order valence-corrected chi connectivity index (χ1v) is 20.0. The molecule has 6 aromatic rings. The van der Waals surface area contributed by atoms with Gasteiger partial charge in [-0.05, 0) is 168 Å². The first kappa shape index (κ1) is 39.0. The number of H-pyrrole nitrogens is 2. The van der Waals surface area contributed by atoms with Crippen molar-refractivity contribution in [3.8, 4) is 33.4 Å². The molecule has 5 heterocycles. The van der Waals surface area contributed by atoms with Gasteiger partial charge in [0.25, 0.3) is 5.91 Å². The maximum absolute atomic E-state index is 14.3. The van der Waals surface area contributed by atoms with Crippen LogP contribution in [0.25, 0.3) is 79.8 Å². The van der Waals surface area contributed by atoms with Crippen LogP contribution in [0.3, 0.4) is 0 Å². The second-order valence-electron chi connectivity index (χ2n) is 16.4. The summed E-state index contributed by atoms with van der Waals surface area (Å²) in [5.74, 6) is -1.68. The minimum absolute atomic E-state index is 0.236. The number of aliphatic carboxylic acids is 1. The molecule has 296 valence electrons. The van der Waals surface area contributed by atoms with E-state index in [2.05, 4.69) is 138 Å². The minimum Gasteiger partial charge on any atom is -0.480 e. The fourth-order valence-electron chi connectivity index (χ4n) is 9.29. The van der Waals surface area contributed by atoms with Gasteiger partial charge in [0.1, 0.15) is 6.04 Å². The van der Waals surface area contributed by atoms with Crippen LogP contribution in [0, 0.1) is 62.3 Å². The SMILES string of the molecule is Cc1cc(C)c(-c2c3nc(c(-c4c(C)cc(C)cc4C)c4ccc([nH]4)c(-c4c(C)cc(C)cc4C)c4nc(c(C(=O)NC(C)C(=O)O)c5ccc2[nH]5)C=C4)C=C3)c(C)c1. The monoisotopic (exact) mass is 779 g/mol. The molecule has 0 spiro atoms. The van der Waals surface area contributed by atoms with Crippen molar-refractivity contribution in [2.24, 2.45) is 0 Å². The molecule has 8 bridgehead atoms. The molecule has 3 aromatic carbocycles. The van der Waals surface area contributed by atoms with Crippen LogP contribution in [0.15, 0.2) is 60.7 Å². The topological polar surface area (TPSA) is 124 Å². The number of nitrogens with zero attached hydrogens (tertiary/aromatic N) is 2. The number of aryl methyl sites for hydroxylation is 9. The van der Waals surface area contributed by atoms with E-state index in [1.807, 2.05) is 24.3 Å². The number of nitrogens with one attached hydrogen (secondary N) is 3. The summed E-state index contributed by atoms with van der Waals surface area (Å²) in [6.45, 7) is 20.6. The van der Waals surface area contributed by atoms with Gasteiger partial charge in [0.15, 0.2) is 0 Å². The van der Waals surface area contributed by atoms with Crippen molar-refractivity contribution in [3.63, 3.8) is 0 Å². The van der Waals surface area contributed by atoms with Crippen molar-refractivity contribution in [3.05, 3.63) is 139 Å². The number of hydrogen-bond donors (Lipinski definition) is 4. The third kappa shape index (κ3) is 6.99. The summed E-state index contributed by atoms with van der Waals surface area (Å²) in [4.78, 5) is 44.5. The predicted octanol–water partition coefficient (Wildman–Crippen LogP) is 11.6. The minimum atomic E-state index is -1.13. The Bertz CT molecular complexity index is 2900. The Morgan fingerprint density at radius 2 is 0.797 bits per heavy atom. The van der Waals surface area contributed by atoms with Crippen LogP contribution >= 0.6 is 0 Å². The molecule has 0 saturated heterocycles. The molecule has 2 aliphatic rings. The van der Waals surface area contributed by atoms with Gasteiger partial charge in [-0.3, -0.25) is 9.59 Å². The molecule has 4 N–H and O–H groups in total. The molecule has 0 aliphatic carbocycles. The normalized spacial score (nSPS) is 12.6. The highest BCUT2D eigenvalue weighted by Crippen LogP contribution is 2.41. The lowest BCUT2D eigenvalue weighted by Crippen LogP contribution is -2.38. The van der Waals surface area contributed by atoms with E-state index in [0.717, 1.165) is 106 Å². The highest BCUT2D eigenvalue weighted by atomic mass is 16.4. The number of carbonyl (C=O) groups excluding carboxylic acids is 1. The summed E-state index contributed by atoms with van der Waals surface area (Å²) in [7, 11) is 0. The number of benzene rings is 3. The molecule has 8 heteroatoms. The fourth-order valence-corrected chi connectivity index (χ4v) is 9.29. The number of fused-ring (bicyclic) bond motifs is 8. The van der Waals surface area contributed by atoms with Crippen molar-refractivity contribution in [2.75, 3.05) is 0 Å². The van der Waals surface area contributed by atoms with Crippen LogP contribution in [0.1, 0.15) is 90.1 Å². The zero-order valence-corrected chi connectivity index (χ0v) is 35.3. The van der Waals surface area contributed by atoms with E-state index in [4.69, 9.17) is 9.97 Å². The Morgan fingerprint density at radius 1 is 0.492 bits per heavy atom. The fraction of sp³-hybridized carbons (Fsp3) is 0.216. The van der Waals surface area contributed by atoms with Gasteiger partial charge in [-0.2, -0.15) is 0 Å². The third-order valence-corrected chi connectivity index (χ3v) is 11.5. The van der Waals surface area contributed by atoms with Crippen LogP contribution < -0.4 is 5.32 Å². The largest absolute Gasteiger partial charge is 0.480 e. The van der Waals surface area contributed by atoms with Crippen molar-refractivity contribution in [1.82, 2.24) is 25.3 Å². The Kier molecular flexibility index (Phi) is 9.83. The Labute approximate surface area is 344 Å². The third-order valence-electron chi connectivity index (χ3n) is 11.5. The number of amides is 1. The molecular formula is C51H49N5O3. The molecule has 59 heavy (non-hydrogen) atoms. The van der Waals surface area contributed by atoms with Gasteiger partial charge >= 0.3 is 5.97 Å². The lowest BCUT2D eigenvalue weighted by molar-refractivity contribution is -0.138. The van der Waals surface area contributed by atoms with E-state index in [1.165, 1.54) is 12.5 Å². The maximum atomic E-state index is 14.3. The Balaban J connectivity index is 1.61. The van der Waals surface area contributed by atoms with E-state index < -0.39 is 17.9 Å². The van der Waals surface area contributed by atoms with Gasteiger partial charge in [0, 0.05) is 33.2 Å². The zero-order chi connectivity index (χ0) is 42.0. The first-order chi connectivity index (χ1) is 28.1. The number of hydrogen-bond acceptors (Lipinski definition) is 4. The lowest BCUT2D eigenvalue weighted by atomic mass is 9.92. The number of carboxylic acid groups (broad SMARTS) is 1. The molecular weight excluding hydrogens is 731 g/mol. The Hall–Kier alpha value is -6.80. The molecule has 1 amide bonds. The van der Waals surface area contributed by atoms with E-state index in [9.17, 15) is 14.7 Å². The van der Waals surface area contributed by atoms with Crippen molar-refractivity contribution in [1.29, 1.82) is 0 Å². The number of aromatic nitrogens is 4. The van der Waals surface area contributed by atoms with Crippen molar-refractivity contribution in [2.45, 2.75) is 75.3 Å². The van der Waals surface area contributed by atoms with Gasteiger partial charge in [-0.1, -0.05) is 53.1 Å². The highest BCUT2D eigenvalue weighted by molar-refractivity contribution is 6.07. The predicted molar refractivity (Wildman–Crippen MR) is 242 cm³/mol. The molecule has 8 nitrogen and oxygen atoms in total. The van der Waals surface area contributed by atoms with Crippen LogP contribution in [-0.2, 0) is 4.79 Å². The second-order valence-corrected chi connectivity index (χ2v) is 16.4. The van der Waals surface area contributed by atoms with Gasteiger partial charge in [-0.15, -0.1) is 0 Å². The smallest absolute Gasteiger partial charge is 0.325 e. The average Bonchev–Trinajstić information content (AvgIpc) is 3.98. The number of aromatic amines is 2.